The van der Waals surface area contributed by atoms with Crippen molar-refractivity contribution in [3.8, 4) is 0 Å². The highest BCUT2D eigenvalue weighted by Gasteiger charge is 2.04. The molecule has 4 nitrogen and oxygen atoms in total. The lowest BCUT2D eigenvalue weighted by Crippen LogP contribution is -2.29. The van der Waals surface area contributed by atoms with Crippen LogP contribution in [0.5, 0.6) is 0 Å². The average molecular weight is 229 g/mol. The SMILES string of the molecule is CCN(CCOC)CCc1csc(N)n1. The predicted octanol–water partition coefficient (Wildman–Crippen LogP) is 1.24. The summed E-state index contributed by atoms with van der Waals surface area (Å²) in [5, 5.41) is 2.68. The van der Waals surface area contributed by atoms with Gasteiger partial charge in [0.05, 0.1) is 12.3 Å². The maximum Gasteiger partial charge on any atom is 0.180 e. The smallest absolute Gasteiger partial charge is 0.180 e. The molecule has 0 atom stereocenters. The topological polar surface area (TPSA) is 51.4 Å². The van der Waals surface area contributed by atoms with Gasteiger partial charge in [0.1, 0.15) is 0 Å². The number of nitrogens with zero attached hydrogens (tertiary/aromatic N) is 2. The van der Waals surface area contributed by atoms with E-state index in [-0.39, 0.29) is 0 Å². The molecule has 1 aromatic rings. The molecular formula is C10H19N3OS. The van der Waals surface area contributed by atoms with E-state index in [1.165, 1.54) is 11.3 Å². The van der Waals surface area contributed by atoms with Crippen LogP contribution in [0.4, 0.5) is 5.13 Å². The Balaban J connectivity index is 2.27. The van der Waals surface area contributed by atoms with Crippen molar-refractivity contribution in [3.63, 3.8) is 0 Å². The van der Waals surface area contributed by atoms with Gasteiger partial charge in [-0.1, -0.05) is 6.92 Å². The first-order valence-electron chi connectivity index (χ1n) is 5.17. The summed E-state index contributed by atoms with van der Waals surface area (Å²) in [4.78, 5) is 6.58. The third-order valence-corrected chi connectivity index (χ3v) is 3.04. The molecule has 0 aliphatic heterocycles. The number of thiazole rings is 1. The van der Waals surface area contributed by atoms with E-state index in [1.807, 2.05) is 5.38 Å². The van der Waals surface area contributed by atoms with Gasteiger partial charge in [0.2, 0.25) is 0 Å². The summed E-state index contributed by atoms with van der Waals surface area (Å²) in [5.41, 5.74) is 6.66. The Bertz CT molecular complexity index is 277. The molecule has 1 heterocycles. The van der Waals surface area contributed by atoms with Gasteiger partial charge in [0.25, 0.3) is 0 Å². The molecule has 2 N–H and O–H groups in total. The van der Waals surface area contributed by atoms with E-state index in [4.69, 9.17) is 10.5 Å². The fraction of sp³-hybridized carbons (Fsp3) is 0.700. The summed E-state index contributed by atoms with van der Waals surface area (Å²) in [5.74, 6) is 0. The molecule has 0 bridgehead atoms. The van der Waals surface area contributed by atoms with Crippen LogP contribution in [0.15, 0.2) is 5.38 Å². The Morgan fingerprint density at radius 3 is 2.87 bits per heavy atom. The molecule has 0 unspecified atom stereocenters. The minimum atomic E-state index is 0.657. The van der Waals surface area contributed by atoms with Crippen LogP contribution in [-0.4, -0.2) is 43.2 Å². The second kappa shape index (κ2) is 6.76. The van der Waals surface area contributed by atoms with E-state index in [0.717, 1.165) is 38.4 Å². The molecular weight excluding hydrogens is 210 g/mol. The van der Waals surface area contributed by atoms with Gasteiger partial charge in [-0.05, 0) is 6.54 Å². The molecule has 1 rings (SSSR count). The number of hydrogen-bond donors (Lipinski definition) is 1. The zero-order valence-corrected chi connectivity index (χ0v) is 10.2. The number of hydrogen-bond acceptors (Lipinski definition) is 5. The van der Waals surface area contributed by atoms with Crippen LogP contribution in [0, 0.1) is 0 Å². The number of nitrogens with two attached hydrogens (primary N) is 1. The van der Waals surface area contributed by atoms with E-state index < -0.39 is 0 Å². The van der Waals surface area contributed by atoms with E-state index in [1.54, 1.807) is 7.11 Å². The molecule has 0 saturated carbocycles. The van der Waals surface area contributed by atoms with Crippen molar-refractivity contribution in [2.24, 2.45) is 0 Å². The highest BCUT2D eigenvalue weighted by Crippen LogP contribution is 2.11. The van der Waals surface area contributed by atoms with E-state index in [0.29, 0.717) is 5.13 Å². The van der Waals surface area contributed by atoms with Crippen LogP contribution < -0.4 is 5.73 Å². The highest BCUT2D eigenvalue weighted by molar-refractivity contribution is 7.13. The van der Waals surface area contributed by atoms with E-state index >= 15 is 0 Å². The molecule has 15 heavy (non-hydrogen) atoms. The van der Waals surface area contributed by atoms with Crippen molar-refractivity contribution in [2.75, 3.05) is 39.1 Å². The summed E-state index contributed by atoms with van der Waals surface area (Å²) < 4.78 is 5.06. The fourth-order valence-corrected chi connectivity index (χ4v) is 1.96. The van der Waals surface area contributed by atoms with Crippen molar-refractivity contribution >= 4 is 16.5 Å². The minimum absolute atomic E-state index is 0.657. The molecule has 0 saturated heterocycles. The molecule has 0 fully saturated rings. The molecule has 0 aliphatic rings. The van der Waals surface area contributed by atoms with Crippen molar-refractivity contribution < 1.29 is 4.74 Å². The molecule has 0 radical (unpaired) electrons. The number of aromatic nitrogens is 1. The fourth-order valence-electron chi connectivity index (χ4n) is 1.36. The Kier molecular flexibility index (Phi) is 5.60. The van der Waals surface area contributed by atoms with Crippen molar-refractivity contribution in [2.45, 2.75) is 13.3 Å². The Morgan fingerprint density at radius 1 is 1.53 bits per heavy atom. The Hall–Kier alpha value is -0.650. The second-order valence-electron chi connectivity index (χ2n) is 3.35. The van der Waals surface area contributed by atoms with Gasteiger partial charge < -0.3 is 15.4 Å². The first-order chi connectivity index (χ1) is 7.26. The Labute approximate surface area is 95.1 Å². The van der Waals surface area contributed by atoms with Crippen molar-refractivity contribution in [3.05, 3.63) is 11.1 Å². The number of anilines is 1. The summed E-state index contributed by atoms with van der Waals surface area (Å²) in [6.07, 6.45) is 0.964. The minimum Gasteiger partial charge on any atom is -0.383 e. The van der Waals surface area contributed by atoms with Crippen LogP contribution in [0.3, 0.4) is 0 Å². The van der Waals surface area contributed by atoms with Crippen LogP contribution in [0.2, 0.25) is 0 Å². The van der Waals surface area contributed by atoms with Crippen LogP contribution in [-0.2, 0) is 11.2 Å². The van der Waals surface area contributed by atoms with Crippen LogP contribution >= 0.6 is 11.3 Å². The van der Waals surface area contributed by atoms with Gasteiger partial charge in [0, 0.05) is 32.0 Å². The zero-order valence-electron chi connectivity index (χ0n) is 9.40. The molecule has 1 aromatic heterocycles. The second-order valence-corrected chi connectivity index (χ2v) is 4.24. The molecule has 86 valence electrons. The maximum atomic E-state index is 5.57. The molecule has 0 amide bonds. The summed E-state index contributed by atoms with van der Waals surface area (Å²) in [6, 6.07) is 0. The quantitative estimate of drug-likeness (QED) is 0.764. The standard InChI is InChI=1S/C10H19N3OS/c1-3-13(6-7-14-2)5-4-9-8-15-10(11)12-9/h8H,3-7H2,1-2H3,(H2,11,12). The zero-order chi connectivity index (χ0) is 11.1. The lowest BCUT2D eigenvalue weighted by molar-refractivity contribution is 0.151. The van der Waals surface area contributed by atoms with Gasteiger partial charge in [-0.15, -0.1) is 11.3 Å². The molecule has 5 heteroatoms. The first kappa shape index (κ1) is 12.4. The normalized spacial score (nSPS) is 11.1. The highest BCUT2D eigenvalue weighted by atomic mass is 32.1. The van der Waals surface area contributed by atoms with Crippen molar-refractivity contribution in [1.29, 1.82) is 0 Å². The Morgan fingerprint density at radius 2 is 2.33 bits per heavy atom. The van der Waals surface area contributed by atoms with Gasteiger partial charge in [-0.3, -0.25) is 0 Å². The van der Waals surface area contributed by atoms with E-state index in [9.17, 15) is 0 Å². The van der Waals surface area contributed by atoms with Gasteiger partial charge in [-0.25, -0.2) is 4.98 Å². The number of nitrogen functional groups attached to an aromatic ring is 1. The largest absolute Gasteiger partial charge is 0.383 e. The molecule has 0 aliphatic carbocycles. The molecule has 0 aromatic carbocycles. The third kappa shape index (κ3) is 4.59. The lowest BCUT2D eigenvalue weighted by Gasteiger charge is -2.18. The summed E-state index contributed by atoms with van der Waals surface area (Å²) in [6.45, 7) is 5.98. The number of ether oxygens (including phenoxy) is 1. The first-order valence-corrected chi connectivity index (χ1v) is 6.05. The number of rotatable bonds is 7. The van der Waals surface area contributed by atoms with Gasteiger partial charge in [-0.2, -0.15) is 0 Å². The monoisotopic (exact) mass is 229 g/mol. The van der Waals surface area contributed by atoms with Crippen molar-refractivity contribution in [1.82, 2.24) is 9.88 Å². The average Bonchev–Trinajstić information content (AvgIpc) is 2.65. The lowest BCUT2D eigenvalue weighted by atomic mass is 10.3. The number of likely N-dealkylation sites (N-methyl/N-ethyl adjacent to an activating group) is 1. The third-order valence-electron chi connectivity index (χ3n) is 2.31. The number of methoxy groups -OCH3 is 1. The molecule has 0 spiro atoms. The van der Waals surface area contributed by atoms with Gasteiger partial charge in [0.15, 0.2) is 5.13 Å². The summed E-state index contributed by atoms with van der Waals surface area (Å²) in [7, 11) is 1.73. The predicted molar refractivity (Wildman–Crippen MR) is 64.2 cm³/mol. The summed E-state index contributed by atoms with van der Waals surface area (Å²) >= 11 is 1.50. The van der Waals surface area contributed by atoms with E-state index in [2.05, 4.69) is 16.8 Å². The van der Waals surface area contributed by atoms with Gasteiger partial charge >= 0.3 is 0 Å². The van der Waals surface area contributed by atoms with Crippen LogP contribution in [0.1, 0.15) is 12.6 Å². The van der Waals surface area contributed by atoms with Crippen LogP contribution in [0.25, 0.3) is 0 Å². The maximum absolute atomic E-state index is 5.57.